The van der Waals surface area contributed by atoms with Gasteiger partial charge in [0, 0.05) is 25.2 Å². The third-order valence-electron chi connectivity index (χ3n) is 2.36. The Morgan fingerprint density at radius 3 is 2.88 bits per heavy atom. The number of hydrogen-bond acceptors (Lipinski definition) is 3. The molecule has 1 aromatic heterocycles. The first-order chi connectivity index (χ1) is 8.20. The SMILES string of the molecule is COc1ccc(CSc2nccn2C)cc1F. The molecular formula is C12H13FN2OS. The summed E-state index contributed by atoms with van der Waals surface area (Å²) in [6.07, 6.45) is 3.63. The average Bonchev–Trinajstić information content (AvgIpc) is 2.72. The predicted molar refractivity (Wildman–Crippen MR) is 65.7 cm³/mol. The molecule has 0 aliphatic heterocycles. The molecule has 0 fully saturated rings. The van der Waals surface area contributed by atoms with Gasteiger partial charge in [-0.2, -0.15) is 0 Å². The van der Waals surface area contributed by atoms with E-state index >= 15 is 0 Å². The molecule has 0 saturated carbocycles. The van der Waals surface area contributed by atoms with Crippen LogP contribution in [0.4, 0.5) is 4.39 Å². The number of methoxy groups -OCH3 is 1. The molecule has 0 aliphatic rings. The van der Waals surface area contributed by atoms with Gasteiger partial charge in [0.15, 0.2) is 16.7 Å². The normalized spacial score (nSPS) is 10.5. The molecule has 5 heteroatoms. The maximum atomic E-state index is 13.4. The first-order valence-corrected chi connectivity index (χ1v) is 6.12. The molecule has 0 atom stereocenters. The monoisotopic (exact) mass is 252 g/mol. The molecule has 0 unspecified atom stereocenters. The van der Waals surface area contributed by atoms with E-state index in [-0.39, 0.29) is 11.6 Å². The minimum Gasteiger partial charge on any atom is -0.494 e. The molecule has 0 radical (unpaired) electrons. The minimum atomic E-state index is -0.328. The summed E-state index contributed by atoms with van der Waals surface area (Å²) in [6.45, 7) is 0. The van der Waals surface area contributed by atoms with Crippen molar-refractivity contribution in [2.45, 2.75) is 10.9 Å². The fourth-order valence-corrected chi connectivity index (χ4v) is 2.31. The second kappa shape index (κ2) is 5.23. The van der Waals surface area contributed by atoms with Gasteiger partial charge in [-0.3, -0.25) is 0 Å². The van der Waals surface area contributed by atoms with Gasteiger partial charge in [0.25, 0.3) is 0 Å². The average molecular weight is 252 g/mol. The van der Waals surface area contributed by atoms with Crippen molar-refractivity contribution in [2.75, 3.05) is 7.11 Å². The van der Waals surface area contributed by atoms with Crippen LogP contribution < -0.4 is 4.74 Å². The molecule has 17 heavy (non-hydrogen) atoms. The predicted octanol–water partition coefficient (Wildman–Crippen LogP) is 2.86. The fourth-order valence-electron chi connectivity index (χ4n) is 1.44. The summed E-state index contributed by atoms with van der Waals surface area (Å²) in [6, 6.07) is 5.00. The number of benzene rings is 1. The lowest BCUT2D eigenvalue weighted by Crippen LogP contribution is -1.92. The summed E-state index contributed by atoms with van der Waals surface area (Å²) >= 11 is 1.57. The van der Waals surface area contributed by atoms with Crippen molar-refractivity contribution in [2.24, 2.45) is 7.05 Å². The van der Waals surface area contributed by atoms with Crippen molar-refractivity contribution in [3.63, 3.8) is 0 Å². The highest BCUT2D eigenvalue weighted by Gasteiger charge is 2.05. The molecule has 1 heterocycles. The molecule has 3 nitrogen and oxygen atoms in total. The molecule has 0 amide bonds. The zero-order chi connectivity index (χ0) is 12.3. The highest BCUT2D eigenvalue weighted by Crippen LogP contribution is 2.24. The van der Waals surface area contributed by atoms with Gasteiger partial charge < -0.3 is 9.30 Å². The van der Waals surface area contributed by atoms with Crippen LogP contribution in [-0.2, 0) is 12.8 Å². The summed E-state index contributed by atoms with van der Waals surface area (Å²) in [4.78, 5) is 4.19. The van der Waals surface area contributed by atoms with Crippen LogP contribution in [-0.4, -0.2) is 16.7 Å². The van der Waals surface area contributed by atoms with E-state index in [9.17, 15) is 4.39 Å². The lowest BCUT2D eigenvalue weighted by molar-refractivity contribution is 0.386. The van der Waals surface area contributed by atoms with E-state index in [0.717, 1.165) is 10.7 Å². The second-order valence-electron chi connectivity index (χ2n) is 3.58. The lowest BCUT2D eigenvalue weighted by atomic mass is 10.2. The number of imidazole rings is 1. The quantitative estimate of drug-likeness (QED) is 0.783. The van der Waals surface area contributed by atoms with E-state index in [4.69, 9.17) is 4.74 Å². The van der Waals surface area contributed by atoms with Gasteiger partial charge in [-0.1, -0.05) is 17.8 Å². The van der Waals surface area contributed by atoms with Crippen LogP contribution in [0.3, 0.4) is 0 Å². The maximum Gasteiger partial charge on any atom is 0.167 e. The number of thioether (sulfide) groups is 1. The first-order valence-electron chi connectivity index (χ1n) is 5.13. The van der Waals surface area contributed by atoms with Gasteiger partial charge in [0.2, 0.25) is 0 Å². The largest absolute Gasteiger partial charge is 0.494 e. The third kappa shape index (κ3) is 2.79. The van der Waals surface area contributed by atoms with E-state index in [1.165, 1.54) is 13.2 Å². The number of hydrogen-bond donors (Lipinski definition) is 0. The molecule has 1 aromatic carbocycles. The van der Waals surface area contributed by atoms with Gasteiger partial charge in [-0.15, -0.1) is 0 Å². The van der Waals surface area contributed by atoms with Crippen LogP contribution in [0.1, 0.15) is 5.56 Å². The Balaban J connectivity index is 2.05. The van der Waals surface area contributed by atoms with Gasteiger partial charge in [-0.05, 0) is 17.7 Å². The first kappa shape index (κ1) is 12.0. The highest BCUT2D eigenvalue weighted by atomic mass is 32.2. The fraction of sp³-hybridized carbons (Fsp3) is 0.250. The summed E-state index contributed by atoms with van der Waals surface area (Å²) in [5.41, 5.74) is 0.913. The van der Waals surface area contributed by atoms with Crippen LogP contribution in [0, 0.1) is 5.82 Å². The van der Waals surface area contributed by atoms with Crippen LogP contribution in [0.2, 0.25) is 0 Å². The van der Waals surface area contributed by atoms with Crippen molar-refractivity contribution in [3.8, 4) is 5.75 Å². The second-order valence-corrected chi connectivity index (χ2v) is 4.52. The van der Waals surface area contributed by atoms with Gasteiger partial charge in [0.05, 0.1) is 7.11 Å². The Morgan fingerprint density at radius 1 is 1.47 bits per heavy atom. The van der Waals surface area contributed by atoms with Crippen molar-refractivity contribution in [1.29, 1.82) is 0 Å². The Bertz CT molecular complexity index is 513. The molecule has 2 rings (SSSR count). The number of halogens is 1. The smallest absolute Gasteiger partial charge is 0.167 e. The van der Waals surface area contributed by atoms with Crippen LogP contribution in [0.5, 0.6) is 5.75 Å². The Kier molecular flexibility index (Phi) is 3.68. The number of aryl methyl sites for hydroxylation is 1. The Hall–Kier alpha value is -1.49. The highest BCUT2D eigenvalue weighted by molar-refractivity contribution is 7.98. The minimum absolute atomic E-state index is 0.274. The summed E-state index contributed by atoms with van der Waals surface area (Å²) in [5, 5.41) is 0.918. The number of rotatable bonds is 4. The Morgan fingerprint density at radius 2 is 2.29 bits per heavy atom. The van der Waals surface area contributed by atoms with E-state index in [0.29, 0.717) is 5.75 Å². The molecular weight excluding hydrogens is 239 g/mol. The van der Waals surface area contributed by atoms with Crippen molar-refractivity contribution >= 4 is 11.8 Å². The molecule has 0 saturated heterocycles. The third-order valence-corrected chi connectivity index (χ3v) is 3.49. The number of aromatic nitrogens is 2. The summed E-state index contributed by atoms with van der Waals surface area (Å²) < 4.78 is 20.2. The molecule has 0 aliphatic carbocycles. The molecule has 0 bridgehead atoms. The van der Waals surface area contributed by atoms with E-state index in [1.54, 1.807) is 24.0 Å². The van der Waals surface area contributed by atoms with E-state index in [2.05, 4.69) is 4.98 Å². The molecule has 0 N–H and O–H groups in total. The van der Waals surface area contributed by atoms with Crippen molar-refractivity contribution in [3.05, 3.63) is 42.0 Å². The zero-order valence-corrected chi connectivity index (χ0v) is 10.5. The number of nitrogens with zero attached hydrogens (tertiary/aromatic N) is 2. The maximum absolute atomic E-state index is 13.4. The lowest BCUT2D eigenvalue weighted by Gasteiger charge is -2.05. The van der Waals surface area contributed by atoms with Crippen molar-refractivity contribution in [1.82, 2.24) is 9.55 Å². The van der Waals surface area contributed by atoms with Gasteiger partial charge in [-0.25, -0.2) is 9.37 Å². The molecule has 0 spiro atoms. The Labute approximate surface area is 104 Å². The van der Waals surface area contributed by atoms with E-state index < -0.39 is 0 Å². The van der Waals surface area contributed by atoms with Gasteiger partial charge >= 0.3 is 0 Å². The van der Waals surface area contributed by atoms with Crippen LogP contribution in [0.15, 0.2) is 35.7 Å². The zero-order valence-electron chi connectivity index (χ0n) is 9.68. The van der Waals surface area contributed by atoms with Crippen LogP contribution >= 0.6 is 11.8 Å². The van der Waals surface area contributed by atoms with E-state index in [1.807, 2.05) is 23.9 Å². The number of ether oxygens (including phenoxy) is 1. The summed E-state index contributed by atoms with van der Waals surface area (Å²) in [7, 11) is 3.39. The topological polar surface area (TPSA) is 27.1 Å². The molecule has 90 valence electrons. The summed E-state index contributed by atoms with van der Waals surface area (Å²) in [5.74, 6) is 0.632. The van der Waals surface area contributed by atoms with Gasteiger partial charge in [0.1, 0.15) is 0 Å². The van der Waals surface area contributed by atoms with Crippen LogP contribution in [0.25, 0.3) is 0 Å². The molecule has 2 aromatic rings. The standard InChI is InChI=1S/C12H13FN2OS/c1-15-6-5-14-12(15)17-8-9-3-4-11(16-2)10(13)7-9/h3-7H,8H2,1-2H3. The van der Waals surface area contributed by atoms with Crippen molar-refractivity contribution < 1.29 is 9.13 Å².